The summed E-state index contributed by atoms with van der Waals surface area (Å²) in [5.41, 5.74) is -3.53. The molecule has 1 saturated heterocycles. The third-order valence-electron chi connectivity index (χ3n) is 6.83. The van der Waals surface area contributed by atoms with E-state index in [0.717, 1.165) is 4.90 Å². The van der Waals surface area contributed by atoms with Gasteiger partial charge in [-0.25, -0.2) is 23.1 Å². The molecule has 1 saturated carbocycles. The molecule has 4 rings (SSSR count). The highest BCUT2D eigenvalue weighted by atomic mass is 19.4. The molecular formula is C22H22F8N8O3. The van der Waals surface area contributed by atoms with Crippen LogP contribution in [0.3, 0.4) is 0 Å². The van der Waals surface area contributed by atoms with Crippen molar-refractivity contribution < 1.29 is 49.9 Å². The highest BCUT2D eigenvalue weighted by Crippen LogP contribution is 2.41. The smallest absolute Gasteiger partial charge is 0.410 e. The van der Waals surface area contributed by atoms with E-state index in [1.54, 1.807) is 0 Å². The van der Waals surface area contributed by atoms with Crippen molar-refractivity contribution in [1.29, 1.82) is 5.41 Å². The lowest BCUT2D eigenvalue weighted by Gasteiger charge is -2.33. The number of carbonyl (C=O) groups excluding carboxylic acids is 2. The Morgan fingerprint density at radius 2 is 1.90 bits per heavy atom. The lowest BCUT2D eigenvalue weighted by atomic mass is 9.81. The van der Waals surface area contributed by atoms with Crippen molar-refractivity contribution in [3.8, 4) is 0 Å². The van der Waals surface area contributed by atoms with E-state index in [2.05, 4.69) is 20.6 Å². The normalized spacial score (nSPS) is 21.2. The van der Waals surface area contributed by atoms with Crippen LogP contribution in [0, 0.1) is 11.3 Å². The van der Waals surface area contributed by atoms with Gasteiger partial charge in [0, 0.05) is 19.4 Å². The van der Waals surface area contributed by atoms with Crippen LogP contribution in [0.25, 0.3) is 5.65 Å². The van der Waals surface area contributed by atoms with Crippen LogP contribution in [-0.2, 0) is 11.3 Å². The van der Waals surface area contributed by atoms with Gasteiger partial charge in [0.05, 0.1) is 30.7 Å². The molecule has 2 atom stereocenters. The van der Waals surface area contributed by atoms with Crippen molar-refractivity contribution in [2.75, 3.05) is 6.54 Å². The molecule has 3 amide bonds. The zero-order chi connectivity index (χ0) is 30.3. The summed E-state index contributed by atoms with van der Waals surface area (Å²) in [5.74, 6) is -5.32. The standard InChI is InChI=1S/C22H22F8N8O3/c23-20(24)3-1-11(2-4-20)15(35-18(39)16(36-41)17(31)22(28,29)30)12-8-38-14(33-12)5-10(6-32-38)7-37-9-13(21(25,26)27)34-19(37)40/h5-6,8,11,13,15,31,41H,1-4,7,9H2,(H,34,40)(H,35,39)/b31-17?,36-16+/t13-,15-/m0/s1. The third kappa shape index (κ3) is 6.64. The van der Waals surface area contributed by atoms with Crippen LogP contribution in [-0.4, -0.2) is 78.9 Å². The molecule has 11 nitrogen and oxygen atoms in total. The molecule has 41 heavy (non-hydrogen) atoms. The van der Waals surface area contributed by atoms with Gasteiger partial charge in [-0.05, 0) is 30.4 Å². The van der Waals surface area contributed by atoms with E-state index in [9.17, 15) is 44.7 Å². The summed E-state index contributed by atoms with van der Waals surface area (Å²) < 4.78 is 107. The largest absolute Gasteiger partial charge is 0.435 e. The Bertz CT molecular complexity index is 1360. The number of amides is 3. The maximum Gasteiger partial charge on any atom is 0.435 e. The third-order valence-corrected chi connectivity index (χ3v) is 6.83. The molecule has 0 aromatic carbocycles. The maximum atomic E-state index is 13.8. The first-order valence-electron chi connectivity index (χ1n) is 12.0. The lowest BCUT2D eigenvalue weighted by Crippen LogP contribution is -2.45. The zero-order valence-electron chi connectivity index (χ0n) is 20.7. The quantitative estimate of drug-likeness (QED) is 0.167. The fraction of sp³-hybridized carbons (Fsp3) is 0.545. The monoisotopic (exact) mass is 598 g/mol. The lowest BCUT2D eigenvalue weighted by molar-refractivity contribution is -0.149. The summed E-state index contributed by atoms with van der Waals surface area (Å²) in [7, 11) is 0. The second-order valence-corrected chi connectivity index (χ2v) is 9.72. The SMILES string of the molecule is N=C(/C(=N\O)C(=O)N[C@H](c1cn2ncc(CN3C[C@@H](C(F)(F)F)NC3=O)cc2n1)C1CCC(F)(F)CC1)C(F)(F)F. The molecule has 2 aromatic rings. The average Bonchev–Trinajstić information content (AvgIpc) is 3.45. The molecule has 1 aliphatic heterocycles. The Balaban J connectivity index is 1.60. The number of imidazole rings is 1. The molecule has 1 aliphatic carbocycles. The fourth-order valence-electron chi connectivity index (χ4n) is 4.68. The number of rotatable bonds is 7. The van der Waals surface area contributed by atoms with Gasteiger partial charge in [-0.15, -0.1) is 0 Å². The van der Waals surface area contributed by atoms with Gasteiger partial charge in [0.15, 0.2) is 17.1 Å². The van der Waals surface area contributed by atoms with Crippen molar-refractivity contribution in [2.45, 2.75) is 62.6 Å². The van der Waals surface area contributed by atoms with Crippen molar-refractivity contribution >= 4 is 29.0 Å². The number of aromatic nitrogens is 3. The van der Waals surface area contributed by atoms with Crippen LogP contribution in [0.5, 0.6) is 0 Å². The summed E-state index contributed by atoms with van der Waals surface area (Å²) in [4.78, 5) is 29.8. The van der Waals surface area contributed by atoms with E-state index >= 15 is 0 Å². The number of oxime groups is 1. The molecule has 0 unspecified atom stereocenters. The van der Waals surface area contributed by atoms with E-state index in [0.29, 0.717) is 0 Å². The molecule has 2 fully saturated rings. The summed E-state index contributed by atoms with van der Waals surface area (Å²) >= 11 is 0. The molecule has 2 aliphatic rings. The number of carbonyl (C=O) groups is 2. The van der Waals surface area contributed by atoms with Gasteiger partial charge in [0.1, 0.15) is 6.04 Å². The van der Waals surface area contributed by atoms with Crippen LogP contribution < -0.4 is 10.6 Å². The first-order chi connectivity index (χ1) is 19.0. The molecule has 19 heteroatoms. The van der Waals surface area contributed by atoms with Gasteiger partial charge in [0.2, 0.25) is 5.92 Å². The summed E-state index contributed by atoms with van der Waals surface area (Å²) in [5, 5.41) is 26.5. The second-order valence-electron chi connectivity index (χ2n) is 9.72. The topological polar surface area (TPSA) is 148 Å². The molecule has 3 heterocycles. The van der Waals surface area contributed by atoms with Crippen LogP contribution in [0.15, 0.2) is 23.6 Å². The number of urea groups is 1. The molecule has 2 aromatic heterocycles. The zero-order valence-corrected chi connectivity index (χ0v) is 20.7. The molecule has 0 radical (unpaired) electrons. The predicted octanol–water partition coefficient (Wildman–Crippen LogP) is 3.58. The molecule has 4 N–H and O–H groups in total. The number of nitrogens with one attached hydrogen (secondary N) is 3. The number of hydrogen-bond acceptors (Lipinski definition) is 7. The van der Waals surface area contributed by atoms with E-state index in [-0.39, 0.29) is 36.3 Å². The summed E-state index contributed by atoms with van der Waals surface area (Å²) in [6.45, 7) is -0.910. The predicted molar refractivity (Wildman–Crippen MR) is 123 cm³/mol. The molecule has 224 valence electrons. The minimum atomic E-state index is -5.32. The van der Waals surface area contributed by atoms with Crippen LogP contribution in [0.4, 0.5) is 39.9 Å². The van der Waals surface area contributed by atoms with E-state index in [1.165, 1.54) is 23.0 Å². The van der Waals surface area contributed by atoms with Gasteiger partial charge in [0.25, 0.3) is 5.91 Å². The maximum absolute atomic E-state index is 13.8. The van der Waals surface area contributed by atoms with Crippen LogP contribution >= 0.6 is 0 Å². The summed E-state index contributed by atoms with van der Waals surface area (Å²) in [6.07, 6.45) is -8.92. The summed E-state index contributed by atoms with van der Waals surface area (Å²) in [6, 6.07) is -2.89. The highest BCUT2D eigenvalue weighted by Gasteiger charge is 2.47. The van der Waals surface area contributed by atoms with E-state index in [1.807, 2.05) is 5.32 Å². The minimum absolute atomic E-state index is 0.00917. The Kier molecular flexibility index (Phi) is 7.83. The number of fused-ring (bicyclic) bond motifs is 1. The van der Waals surface area contributed by atoms with Crippen molar-refractivity contribution in [3.05, 3.63) is 29.7 Å². The van der Waals surface area contributed by atoms with Gasteiger partial charge in [-0.3, -0.25) is 10.2 Å². The van der Waals surface area contributed by atoms with Crippen molar-refractivity contribution in [1.82, 2.24) is 30.1 Å². The van der Waals surface area contributed by atoms with Gasteiger partial charge in [-0.1, -0.05) is 5.16 Å². The molecule has 0 bridgehead atoms. The van der Waals surface area contributed by atoms with Crippen molar-refractivity contribution in [3.63, 3.8) is 0 Å². The average molecular weight is 598 g/mol. The van der Waals surface area contributed by atoms with Gasteiger partial charge < -0.3 is 20.7 Å². The van der Waals surface area contributed by atoms with Gasteiger partial charge >= 0.3 is 18.4 Å². The Morgan fingerprint density at radius 1 is 1.24 bits per heavy atom. The number of alkyl halides is 8. The Labute approximate surface area is 225 Å². The molecular weight excluding hydrogens is 576 g/mol. The van der Waals surface area contributed by atoms with Gasteiger partial charge in [-0.2, -0.15) is 31.4 Å². The fourth-order valence-corrected chi connectivity index (χ4v) is 4.68. The number of nitrogens with zero attached hydrogens (tertiary/aromatic N) is 5. The Morgan fingerprint density at radius 3 is 2.46 bits per heavy atom. The first-order valence-corrected chi connectivity index (χ1v) is 12.0. The minimum Gasteiger partial charge on any atom is -0.410 e. The number of halogens is 8. The van der Waals surface area contributed by atoms with Crippen LogP contribution in [0.2, 0.25) is 0 Å². The highest BCUT2D eigenvalue weighted by molar-refractivity contribution is 6.67. The first kappa shape index (κ1) is 29.9. The van der Waals surface area contributed by atoms with Crippen LogP contribution in [0.1, 0.15) is 43.0 Å². The Hall–Kier alpha value is -4.06. The van der Waals surface area contributed by atoms with E-state index in [4.69, 9.17) is 10.6 Å². The van der Waals surface area contributed by atoms with E-state index < -0.39 is 79.0 Å². The molecule has 0 spiro atoms. The second kappa shape index (κ2) is 10.7. The number of hydrogen-bond donors (Lipinski definition) is 4. The van der Waals surface area contributed by atoms with Crippen molar-refractivity contribution in [2.24, 2.45) is 11.1 Å².